The van der Waals surface area contributed by atoms with Crippen LogP contribution < -0.4 is 0 Å². The molecule has 2 aliphatic heterocycles. The quantitative estimate of drug-likeness (QED) is 0.399. The fraction of sp³-hybridized carbons (Fsp3) is 1.00. The third-order valence-corrected chi connectivity index (χ3v) is 2.70. The Morgan fingerprint density at radius 1 is 1.40 bits per heavy atom. The van der Waals surface area contributed by atoms with E-state index in [-0.39, 0.29) is 18.2 Å². The Morgan fingerprint density at radius 3 is 2.73 bits per heavy atom. The predicted octanol–water partition coefficient (Wildman–Crippen LogP) is 1.95. The zero-order valence-electron chi connectivity index (χ0n) is 9.08. The van der Waals surface area contributed by atoms with Gasteiger partial charge in [0, 0.05) is 4.91 Å². The predicted molar refractivity (Wildman–Crippen MR) is 51.9 cm³/mol. The van der Waals surface area contributed by atoms with Crippen LogP contribution in [0.15, 0.2) is 5.11 Å². The van der Waals surface area contributed by atoms with Gasteiger partial charge < -0.3 is 14.2 Å². The molecule has 0 N–H and O–H groups in total. The average molecular weight is 213 g/mol. The summed E-state index contributed by atoms with van der Waals surface area (Å²) in [5.41, 5.74) is 8.50. The van der Waals surface area contributed by atoms with Crippen molar-refractivity contribution in [3.05, 3.63) is 10.4 Å². The van der Waals surface area contributed by atoms with Crippen molar-refractivity contribution in [2.75, 3.05) is 0 Å². The van der Waals surface area contributed by atoms with E-state index in [1.165, 1.54) is 0 Å². The number of nitrogens with zero attached hydrogens (tertiary/aromatic N) is 3. The van der Waals surface area contributed by atoms with Gasteiger partial charge in [-0.25, -0.2) is 0 Å². The van der Waals surface area contributed by atoms with Gasteiger partial charge in [-0.2, -0.15) is 0 Å². The van der Waals surface area contributed by atoms with Crippen molar-refractivity contribution in [3.63, 3.8) is 0 Å². The molecular formula is C9H15N3O3. The molecule has 0 saturated carbocycles. The minimum Gasteiger partial charge on any atom is -0.346 e. The molecule has 0 aromatic heterocycles. The molecule has 0 spiro atoms. The second-order valence-corrected chi connectivity index (χ2v) is 4.25. The number of ether oxygens (including phenoxy) is 3. The van der Waals surface area contributed by atoms with Crippen LogP contribution in [0.4, 0.5) is 0 Å². The van der Waals surface area contributed by atoms with Crippen LogP contribution >= 0.6 is 0 Å². The number of hydrogen-bond acceptors (Lipinski definition) is 4. The van der Waals surface area contributed by atoms with Crippen molar-refractivity contribution in [1.82, 2.24) is 0 Å². The van der Waals surface area contributed by atoms with Crippen molar-refractivity contribution in [3.8, 4) is 0 Å². The summed E-state index contributed by atoms with van der Waals surface area (Å²) in [7, 11) is 0. The molecule has 0 amide bonds. The van der Waals surface area contributed by atoms with Crippen molar-refractivity contribution in [2.24, 2.45) is 5.11 Å². The maximum Gasteiger partial charge on any atom is 0.187 e. The Bertz CT molecular complexity index is 301. The van der Waals surface area contributed by atoms with Crippen molar-refractivity contribution >= 4 is 0 Å². The van der Waals surface area contributed by atoms with Crippen LogP contribution in [0.2, 0.25) is 0 Å². The highest BCUT2D eigenvalue weighted by atomic mass is 16.8. The minimum atomic E-state index is -0.655. The lowest BCUT2D eigenvalue weighted by Crippen LogP contribution is -2.32. The Balaban J connectivity index is 2.17. The molecule has 0 radical (unpaired) electrons. The highest BCUT2D eigenvalue weighted by Crippen LogP contribution is 2.39. The summed E-state index contributed by atoms with van der Waals surface area (Å²) in [6, 6.07) is -0.285. The molecule has 2 rings (SSSR count). The van der Waals surface area contributed by atoms with Gasteiger partial charge in [-0.3, -0.25) is 0 Å². The Hall–Kier alpha value is -0.810. The van der Waals surface area contributed by atoms with E-state index < -0.39 is 12.1 Å². The zero-order valence-corrected chi connectivity index (χ0v) is 9.08. The second-order valence-electron chi connectivity index (χ2n) is 4.25. The Morgan fingerprint density at radius 2 is 2.13 bits per heavy atom. The molecule has 84 valence electrons. The first-order chi connectivity index (χ1) is 7.07. The number of rotatable bonds is 2. The van der Waals surface area contributed by atoms with Gasteiger partial charge in [0.05, 0.1) is 12.1 Å². The first kappa shape index (κ1) is 10.7. The lowest BCUT2D eigenvalue weighted by molar-refractivity contribution is -0.206. The summed E-state index contributed by atoms with van der Waals surface area (Å²) >= 11 is 0. The molecule has 0 bridgehead atoms. The standard InChI is InChI=1S/C9H15N3O3/c1-4-5-6(11-12-10)7-8(13-5)15-9(2,3)14-7/h5-8H,4H2,1-3H3. The molecule has 0 aromatic carbocycles. The fourth-order valence-electron chi connectivity index (χ4n) is 2.10. The van der Waals surface area contributed by atoms with Gasteiger partial charge >= 0.3 is 0 Å². The molecular weight excluding hydrogens is 198 g/mol. The van der Waals surface area contributed by atoms with Crippen molar-refractivity contribution in [1.29, 1.82) is 0 Å². The summed E-state index contributed by atoms with van der Waals surface area (Å²) < 4.78 is 16.8. The summed E-state index contributed by atoms with van der Waals surface area (Å²) in [4.78, 5) is 2.83. The number of fused-ring (bicyclic) bond motifs is 1. The maximum atomic E-state index is 8.50. The van der Waals surface area contributed by atoms with E-state index in [4.69, 9.17) is 19.7 Å². The van der Waals surface area contributed by atoms with Gasteiger partial charge in [0.2, 0.25) is 0 Å². The molecule has 2 saturated heterocycles. The third kappa shape index (κ3) is 1.81. The van der Waals surface area contributed by atoms with Crippen LogP contribution in [0.3, 0.4) is 0 Å². The Labute approximate surface area is 88.1 Å². The molecule has 4 atom stereocenters. The summed E-state index contributed by atoms with van der Waals surface area (Å²) in [5.74, 6) is -0.655. The van der Waals surface area contributed by atoms with Crippen LogP contribution in [-0.4, -0.2) is 30.3 Å². The first-order valence-corrected chi connectivity index (χ1v) is 5.12. The minimum absolute atomic E-state index is 0.105. The van der Waals surface area contributed by atoms with Crippen LogP contribution in [0.25, 0.3) is 10.4 Å². The van der Waals surface area contributed by atoms with E-state index in [9.17, 15) is 0 Å². The summed E-state index contributed by atoms with van der Waals surface area (Å²) in [5, 5.41) is 3.73. The van der Waals surface area contributed by atoms with E-state index in [0.29, 0.717) is 0 Å². The lowest BCUT2D eigenvalue weighted by atomic mass is 10.1. The van der Waals surface area contributed by atoms with Crippen LogP contribution in [-0.2, 0) is 14.2 Å². The lowest BCUT2D eigenvalue weighted by Gasteiger charge is -2.22. The van der Waals surface area contributed by atoms with Gasteiger partial charge in [0.25, 0.3) is 0 Å². The van der Waals surface area contributed by atoms with Gasteiger partial charge in [0.15, 0.2) is 12.1 Å². The highest BCUT2D eigenvalue weighted by molar-refractivity contribution is 4.97. The largest absolute Gasteiger partial charge is 0.346 e. The number of hydrogen-bond donors (Lipinski definition) is 0. The van der Waals surface area contributed by atoms with Crippen molar-refractivity contribution in [2.45, 2.75) is 57.5 Å². The smallest absolute Gasteiger partial charge is 0.187 e. The second kappa shape index (κ2) is 3.64. The van der Waals surface area contributed by atoms with E-state index in [0.717, 1.165) is 6.42 Å². The molecule has 15 heavy (non-hydrogen) atoms. The fourth-order valence-corrected chi connectivity index (χ4v) is 2.10. The molecule has 2 fully saturated rings. The van der Waals surface area contributed by atoms with Crippen LogP contribution in [0, 0.1) is 0 Å². The third-order valence-electron chi connectivity index (χ3n) is 2.70. The van der Waals surface area contributed by atoms with Gasteiger partial charge in [-0.05, 0) is 25.8 Å². The molecule has 6 heteroatoms. The van der Waals surface area contributed by atoms with E-state index >= 15 is 0 Å². The highest BCUT2D eigenvalue weighted by Gasteiger charge is 2.53. The molecule has 2 aliphatic rings. The first-order valence-electron chi connectivity index (χ1n) is 5.12. The monoisotopic (exact) mass is 213 g/mol. The molecule has 2 heterocycles. The molecule has 0 aromatic rings. The average Bonchev–Trinajstić information content (AvgIpc) is 2.60. The van der Waals surface area contributed by atoms with Crippen molar-refractivity contribution < 1.29 is 14.2 Å². The van der Waals surface area contributed by atoms with Crippen LogP contribution in [0.5, 0.6) is 0 Å². The molecule has 4 unspecified atom stereocenters. The van der Waals surface area contributed by atoms with Gasteiger partial charge in [-0.1, -0.05) is 12.0 Å². The summed E-state index contributed by atoms with van der Waals surface area (Å²) in [6.45, 7) is 5.63. The van der Waals surface area contributed by atoms with Gasteiger partial charge in [-0.15, -0.1) is 0 Å². The number of azide groups is 1. The maximum absolute atomic E-state index is 8.50. The SMILES string of the molecule is CCC1OC2OC(C)(C)OC2C1N=[N+]=[N-]. The normalized spacial score (nSPS) is 42.3. The topological polar surface area (TPSA) is 76.5 Å². The van der Waals surface area contributed by atoms with E-state index in [1.54, 1.807) is 0 Å². The molecule has 6 nitrogen and oxygen atoms in total. The zero-order chi connectivity index (χ0) is 11.1. The molecule has 0 aliphatic carbocycles. The van der Waals surface area contributed by atoms with E-state index in [1.807, 2.05) is 20.8 Å². The van der Waals surface area contributed by atoms with Crippen LogP contribution in [0.1, 0.15) is 27.2 Å². The van der Waals surface area contributed by atoms with E-state index in [2.05, 4.69) is 10.0 Å². The van der Waals surface area contributed by atoms with Gasteiger partial charge in [0.1, 0.15) is 6.10 Å². The summed E-state index contributed by atoms with van der Waals surface area (Å²) in [6.07, 6.45) is -0.00240. The Kier molecular flexibility index (Phi) is 2.60.